The third-order valence-electron chi connectivity index (χ3n) is 11.2. The lowest BCUT2D eigenvalue weighted by Gasteiger charge is -2.64. The Labute approximate surface area is 264 Å². The van der Waals surface area contributed by atoms with Crippen LogP contribution in [0.5, 0.6) is 11.5 Å². The number of carbonyl (C=O) groups excluding carboxylic acids is 4. The van der Waals surface area contributed by atoms with Crippen LogP contribution in [-0.4, -0.2) is 109 Å². The van der Waals surface area contributed by atoms with Crippen molar-refractivity contribution in [2.24, 2.45) is 11.7 Å². The molecule has 2 heterocycles. The van der Waals surface area contributed by atoms with Gasteiger partial charge in [-0.2, -0.15) is 0 Å². The van der Waals surface area contributed by atoms with E-state index in [-0.39, 0.29) is 48.9 Å². The van der Waals surface area contributed by atoms with Gasteiger partial charge in [-0.1, -0.05) is 6.07 Å². The largest absolute Gasteiger partial charge is 0.477 e. The minimum Gasteiger partial charge on any atom is -0.477 e. The number of Topliss-reactive ketones (excluding diaryl/α,β-unsaturated/α-hetero) is 1. The summed E-state index contributed by atoms with van der Waals surface area (Å²) in [5, 5.41) is 18.1. The van der Waals surface area contributed by atoms with Crippen LogP contribution in [-0.2, 0) is 26.2 Å². The Morgan fingerprint density at radius 1 is 1.24 bits per heavy atom. The van der Waals surface area contributed by atoms with E-state index in [2.05, 4.69) is 17.7 Å². The monoisotopic (exact) mass is 626 g/mol. The summed E-state index contributed by atoms with van der Waals surface area (Å²) in [6, 6.07) is 3.02. The van der Waals surface area contributed by atoms with Gasteiger partial charge >= 0.3 is 6.09 Å². The summed E-state index contributed by atoms with van der Waals surface area (Å²) in [6.07, 6.45) is 5.01. The van der Waals surface area contributed by atoms with Crippen molar-refractivity contribution in [1.82, 2.24) is 15.5 Å². The molecule has 1 aromatic rings. The summed E-state index contributed by atoms with van der Waals surface area (Å²) in [5.74, 6) is 0.714. The molecule has 246 valence electrons. The van der Waals surface area contributed by atoms with E-state index < -0.39 is 29.3 Å². The summed E-state index contributed by atoms with van der Waals surface area (Å²) in [5.41, 5.74) is 5.54. The zero-order valence-electron chi connectivity index (χ0n) is 26.7. The number of piperidine rings is 1. The van der Waals surface area contributed by atoms with Gasteiger partial charge in [0.2, 0.25) is 11.8 Å². The predicted molar refractivity (Wildman–Crippen MR) is 165 cm³/mol. The molecule has 1 saturated heterocycles. The van der Waals surface area contributed by atoms with Gasteiger partial charge in [-0.15, -0.1) is 0 Å². The van der Waals surface area contributed by atoms with Gasteiger partial charge in [0.15, 0.2) is 23.4 Å². The van der Waals surface area contributed by atoms with Crippen LogP contribution in [0.1, 0.15) is 69.4 Å². The Morgan fingerprint density at radius 2 is 2.02 bits per heavy atom. The van der Waals surface area contributed by atoms with Crippen LogP contribution in [0, 0.1) is 5.92 Å². The molecule has 2 bridgehead atoms. The Kier molecular flexibility index (Phi) is 8.36. The highest BCUT2D eigenvalue weighted by atomic mass is 16.6. The number of amides is 3. The topological polar surface area (TPSA) is 160 Å². The number of nitrogens with one attached hydrogen (secondary N) is 2. The molecule has 5 aliphatic rings. The van der Waals surface area contributed by atoms with Gasteiger partial charge in [0.1, 0.15) is 17.7 Å². The number of quaternary nitrogens is 1. The molecule has 1 unspecified atom stereocenters. The number of ether oxygens (including phenoxy) is 2. The number of unbranched alkanes of at least 4 members (excludes halogenated alkanes) is 1. The number of hydrogen-bond acceptors (Lipinski definition) is 8. The minimum absolute atomic E-state index is 0.00787. The van der Waals surface area contributed by atoms with Gasteiger partial charge in [-0.3, -0.25) is 14.4 Å². The predicted octanol–water partition coefficient (Wildman–Crippen LogP) is 1.14. The number of rotatable bonds is 12. The second-order valence-electron chi connectivity index (χ2n) is 14.2. The first-order valence-corrected chi connectivity index (χ1v) is 16.5. The maximum atomic E-state index is 13.4. The Bertz CT molecular complexity index is 1380. The summed E-state index contributed by atoms with van der Waals surface area (Å²) in [7, 11) is 3.85. The molecule has 2 saturated carbocycles. The third kappa shape index (κ3) is 5.38. The first-order valence-electron chi connectivity index (χ1n) is 16.5. The van der Waals surface area contributed by atoms with Crippen LogP contribution < -0.4 is 25.8 Å². The number of likely N-dealkylation sites (N-methyl/N-ethyl adjacent to an activating group) is 2. The zero-order chi connectivity index (χ0) is 32.1. The van der Waals surface area contributed by atoms with Crippen molar-refractivity contribution in [2.45, 2.75) is 93.9 Å². The van der Waals surface area contributed by atoms with E-state index in [4.69, 9.17) is 15.2 Å². The van der Waals surface area contributed by atoms with E-state index in [9.17, 15) is 24.3 Å². The van der Waals surface area contributed by atoms with Gasteiger partial charge in [-0.25, -0.2) is 4.79 Å². The molecule has 6 atom stereocenters. The first-order chi connectivity index (χ1) is 21.4. The minimum atomic E-state index is -1.08. The molecule has 0 aromatic heterocycles. The molecule has 0 radical (unpaired) electrons. The van der Waals surface area contributed by atoms with Crippen molar-refractivity contribution in [3.05, 3.63) is 23.3 Å². The quantitative estimate of drug-likeness (QED) is 0.199. The molecule has 12 nitrogen and oxygen atoms in total. The molecule has 6 rings (SSSR count). The standard InChI is InChI=1S/C33H47N5O7/c1-20(39)36-23(6-4-5-14-34)30(41)35-15-16-37(2)31(42)44-25-10-9-22-18-26-33(43)12-11-24(40)29-32(33,27(22)28(25)45-29)13-17-38(26,3)19-21-7-8-21/h9-10,21,23,26,29,43H,4-8,11-19,34H2,1-3H3,(H-,35,36,39,41)/p+1/t23-,26+,29-,32-,33+,38?/m0/s1. The Hall–Kier alpha value is -3.22. The average molecular weight is 627 g/mol. The second kappa shape index (κ2) is 11.9. The van der Waals surface area contributed by atoms with E-state index in [0.29, 0.717) is 50.3 Å². The number of ketones is 1. The molecule has 3 fully saturated rings. The maximum absolute atomic E-state index is 13.4. The van der Waals surface area contributed by atoms with E-state index >= 15 is 0 Å². The molecule has 12 heteroatoms. The van der Waals surface area contributed by atoms with Gasteiger partial charge in [0.05, 0.1) is 25.6 Å². The SMILES string of the molecule is CC(=O)N[C@@H](CCCCN)C(=O)NCCN(C)C(=O)Oc1ccc2c3c1O[C@H]1C(=O)CC[C@@]4(O)[C@@H](C2)[N+](C)(CC2CC2)CC[C@]314. The van der Waals surface area contributed by atoms with Gasteiger partial charge in [0, 0.05) is 57.8 Å². The number of hydrogen-bond donors (Lipinski definition) is 4. The van der Waals surface area contributed by atoms with Crippen LogP contribution in [0.3, 0.4) is 0 Å². The second-order valence-corrected chi connectivity index (χ2v) is 14.2. The Morgan fingerprint density at radius 3 is 2.73 bits per heavy atom. The molecular formula is C33H48N5O7+. The van der Waals surface area contributed by atoms with Crippen LogP contribution >= 0.6 is 0 Å². The van der Waals surface area contributed by atoms with Crippen molar-refractivity contribution in [3.63, 3.8) is 0 Å². The summed E-state index contributed by atoms with van der Waals surface area (Å²) < 4.78 is 13.1. The molecule has 3 amide bonds. The highest BCUT2D eigenvalue weighted by molar-refractivity contribution is 5.90. The summed E-state index contributed by atoms with van der Waals surface area (Å²) in [4.78, 5) is 52.2. The molecular weight excluding hydrogens is 578 g/mol. The normalized spacial score (nSPS) is 31.4. The zero-order valence-corrected chi connectivity index (χ0v) is 26.7. The molecule has 1 spiro atoms. The third-order valence-corrected chi connectivity index (χ3v) is 11.2. The summed E-state index contributed by atoms with van der Waals surface area (Å²) in [6.45, 7) is 4.13. The molecule has 45 heavy (non-hydrogen) atoms. The average Bonchev–Trinajstić information content (AvgIpc) is 3.72. The lowest BCUT2D eigenvalue weighted by molar-refractivity contribution is -0.950. The fourth-order valence-corrected chi connectivity index (χ4v) is 8.75. The van der Waals surface area contributed by atoms with E-state index in [0.717, 1.165) is 35.1 Å². The van der Waals surface area contributed by atoms with Crippen molar-refractivity contribution >= 4 is 23.7 Å². The first kappa shape index (κ1) is 31.7. The van der Waals surface area contributed by atoms with Crippen molar-refractivity contribution < 1.29 is 38.2 Å². The van der Waals surface area contributed by atoms with E-state index in [1.807, 2.05) is 6.07 Å². The van der Waals surface area contributed by atoms with Crippen molar-refractivity contribution in [1.29, 1.82) is 0 Å². The lowest BCUT2D eigenvalue weighted by Crippen LogP contribution is -2.80. The molecule has 1 aromatic carbocycles. The van der Waals surface area contributed by atoms with Crippen LogP contribution in [0.15, 0.2) is 12.1 Å². The maximum Gasteiger partial charge on any atom is 0.415 e. The Balaban J connectivity index is 1.16. The number of benzene rings is 1. The number of likely N-dealkylation sites (tertiary alicyclic amines) is 1. The van der Waals surface area contributed by atoms with Crippen molar-refractivity contribution in [3.8, 4) is 11.5 Å². The molecule has 2 aliphatic heterocycles. The fourth-order valence-electron chi connectivity index (χ4n) is 8.75. The van der Waals surface area contributed by atoms with Crippen molar-refractivity contribution in [2.75, 3.05) is 46.8 Å². The highest BCUT2D eigenvalue weighted by Gasteiger charge is 2.76. The number of aliphatic hydroxyl groups is 1. The van der Waals surface area contributed by atoms with Crippen LogP contribution in [0.4, 0.5) is 4.79 Å². The molecule has 3 aliphatic carbocycles. The fraction of sp³-hybridized carbons (Fsp3) is 0.697. The number of carbonyl (C=O) groups is 4. The highest BCUT2D eigenvalue weighted by Crippen LogP contribution is 2.66. The van der Waals surface area contributed by atoms with Gasteiger partial charge in [0.25, 0.3) is 0 Å². The smallest absolute Gasteiger partial charge is 0.415 e. The van der Waals surface area contributed by atoms with E-state index in [1.54, 1.807) is 13.1 Å². The lowest BCUT2D eigenvalue weighted by atomic mass is 9.48. The summed E-state index contributed by atoms with van der Waals surface area (Å²) >= 11 is 0. The van der Waals surface area contributed by atoms with Gasteiger partial charge in [-0.05, 0) is 56.7 Å². The van der Waals surface area contributed by atoms with Gasteiger partial charge < -0.3 is 40.3 Å². The van der Waals surface area contributed by atoms with E-state index in [1.165, 1.54) is 24.7 Å². The van der Waals surface area contributed by atoms with Crippen LogP contribution in [0.25, 0.3) is 0 Å². The number of nitrogens with two attached hydrogens (primary N) is 1. The van der Waals surface area contributed by atoms with Crippen LogP contribution in [0.2, 0.25) is 0 Å². The molecule has 5 N–H and O–H groups in total. The number of nitrogens with zero attached hydrogens (tertiary/aromatic N) is 2.